The molecule has 0 radical (unpaired) electrons. The lowest BCUT2D eigenvalue weighted by atomic mass is 10.1. The van der Waals surface area contributed by atoms with Gasteiger partial charge in [-0.05, 0) is 24.6 Å². The molecule has 0 bridgehead atoms. The molecule has 0 saturated carbocycles. The van der Waals surface area contributed by atoms with Crippen LogP contribution in [0.15, 0.2) is 36.4 Å². The van der Waals surface area contributed by atoms with E-state index in [9.17, 15) is 4.79 Å². The predicted octanol–water partition coefficient (Wildman–Crippen LogP) is 2.63. The fraction of sp³-hybridized carbons (Fsp3) is 0.250. The van der Waals surface area contributed by atoms with Crippen molar-refractivity contribution < 1.29 is 9.90 Å². The van der Waals surface area contributed by atoms with Crippen molar-refractivity contribution in [3.05, 3.63) is 47.0 Å². The second-order valence-electron chi connectivity index (χ2n) is 3.42. The minimum atomic E-state index is -0.930. The molecular formula is C12H14ClNO2. The fourth-order valence-electron chi connectivity index (χ4n) is 1.27. The zero-order chi connectivity index (χ0) is 12.0. The SMILES string of the molecule is C[C@@H](NC/C=C/C(=O)O)c1ccc(Cl)cc1. The Labute approximate surface area is 99.7 Å². The summed E-state index contributed by atoms with van der Waals surface area (Å²) >= 11 is 5.78. The van der Waals surface area contributed by atoms with Crippen LogP contribution in [0.2, 0.25) is 5.02 Å². The van der Waals surface area contributed by atoms with Crippen molar-refractivity contribution in [2.75, 3.05) is 6.54 Å². The minimum absolute atomic E-state index is 0.163. The molecule has 16 heavy (non-hydrogen) atoms. The first-order valence-corrected chi connectivity index (χ1v) is 5.35. The number of hydrogen-bond acceptors (Lipinski definition) is 2. The van der Waals surface area contributed by atoms with Gasteiger partial charge in [0.05, 0.1) is 0 Å². The van der Waals surface area contributed by atoms with Crippen LogP contribution in [0.3, 0.4) is 0 Å². The number of hydrogen-bond donors (Lipinski definition) is 2. The molecule has 1 aromatic rings. The molecule has 0 saturated heterocycles. The van der Waals surface area contributed by atoms with Crippen LogP contribution in [0.25, 0.3) is 0 Å². The minimum Gasteiger partial charge on any atom is -0.478 e. The zero-order valence-corrected chi connectivity index (χ0v) is 9.74. The van der Waals surface area contributed by atoms with Crippen molar-refractivity contribution in [2.24, 2.45) is 0 Å². The van der Waals surface area contributed by atoms with E-state index in [0.29, 0.717) is 11.6 Å². The molecule has 86 valence electrons. The second-order valence-corrected chi connectivity index (χ2v) is 3.86. The van der Waals surface area contributed by atoms with Gasteiger partial charge in [0, 0.05) is 23.7 Å². The van der Waals surface area contributed by atoms with Crippen LogP contribution >= 0.6 is 11.6 Å². The molecule has 0 heterocycles. The number of rotatable bonds is 5. The lowest BCUT2D eigenvalue weighted by Crippen LogP contribution is -2.18. The summed E-state index contributed by atoms with van der Waals surface area (Å²) in [7, 11) is 0. The van der Waals surface area contributed by atoms with Crippen molar-refractivity contribution in [3.63, 3.8) is 0 Å². The summed E-state index contributed by atoms with van der Waals surface area (Å²) in [4.78, 5) is 10.2. The zero-order valence-electron chi connectivity index (χ0n) is 8.98. The van der Waals surface area contributed by atoms with Gasteiger partial charge in [0.1, 0.15) is 0 Å². The Morgan fingerprint density at radius 1 is 1.50 bits per heavy atom. The van der Waals surface area contributed by atoms with Gasteiger partial charge in [0.2, 0.25) is 0 Å². The molecule has 1 aromatic carbocycles. The van der Waals surface area contributed by atoms with Crippen LogP contribution in [-0.4, -0.2) is 17.6 Å². The van der Waals surface area contributed by atoms with Crippen LogP contribution in [-0.2, 0) is 4.79 Å². The Kier molecular flexibility index (Phi) is 5.02. The summed E-state index contributed by atoms with van der Waals surface area (Å²) in [6, 6.07) is 7.72. The normalized spacial score (nSPS) is 12.9. The van der Waals surface area contributed by atoms with Crippen molar-refractivity contribution in [1.82, 2.24) is 5.32 Å². The Bertz CT molecular complexity index is 373. The van der Waals surface area contributed by atoms with Gasteiger partial charge in [0.15, 0.2) is 0 Å². The maximum Gasteiger partial charge on any atom is 0.328 e. The Balaban J connectivity index is 2.43. The van der Waals surface area contributed by atoms with Gasteiger partial charge in [0.25, 0.3) is 0 Å². The standard InChI is InChI=1S/C12H14ClNO2/c1-9(14-8-2-3-12(15)16)10-4-6-11(13)7-5-10/h2-7,9,14H,8H2,1H3,(H,15,16)/b3-2+/t9-/m1/s1. The van der Waals surface area contributed by atoms with E-state index in [-0.39, 0.29) is 6.04 Å². The largest absolute Gasteiger partial charge is 0.478 e. The van der Waals surface area contributed by atoms with Crippen molar-refractivity contribution in [3.8, 4) is 0 Å². The Hall–Kier alpha value is -1.32. The van der Waals surface area contributed by atoms with E-state index in [1.165, 1.54) is 0 Å². The predicted molar refractivity (Wildman–Crippen MR) is 64.6 cm³/mol. The molecule has 1 rings (SSSR count). The van der Waals surface area contributed by atoms with E-state index in [0.717, 1.165) is 11.6 Å². The number of halogens is 1. The number of nitrogens with one attached hydrogen (secondary N) is 1. The van der Waals surface area contributed by atoms with Gasteiger partial charge >= 0.3 is 5.97 Å². The summed E-state index contributed by atoms with van der Waals surface area (Å²) in [6.45, 7) is 2.54. The average Bonchev–Trinajstić information content (AvgIpc) is 2.25. The molecule has 0 fully saturated rings. The first kappa shape index (κ1) is 12.7. The monoisotopic (exact) mass is 239 g/mol. The molecular weight excluding hydrogens is 226 g/mol. The lowest BCUT2D eigenvalue weighted by molar-refractivity contribution is -0.131. The molecule has 4 heteroatoms. The van der Waals surface area contributed by atoms with Crippen molar-refractivity contribution in [2.45, 2.75) is 13.0 Å². The van der Waals surface area contributed by atoms with E-state index in [1.807, 2.05) is 31.2 Å². The van der Waals surface area contributed by atoms with Gasteiger partial charge in [-0.3, -0.25) is 0 Å². The highest BCUT2D eigenvalue weighted by Gasteiger charge is 2.02. The van der Waals surface area contributed by atoms with Gasteiger partial charge < -0.3 is 10.4 Å². The van der Waals surface area contributed by atoms with Crippen LogP contribution in [0, 0.1) is 0 Å². The van der Waals surface area contributed by atoms with Crippen LogP contribution in [0.4, 0.5) is 0 Å². The Morgan fingerprint density at radius 2 is 2.12 bits per heavy atom. The van der Waals surface area contributed by atoms with Gasteiger partial charge in [-0.15, -0.1) is 0 Å². The third kappa shape index (κ3) is 4.47. The second kappa shape index (κ2) is 6.30. The average molecular weight is 240 g/mol. The van der Waals surface area contributed by atoms with Crippen LogP contribution in [0.1, 0.15) is 18.5 Å². The fourth-order valence-corrected chi connectivity index (χ4v) is 1.40. The highest BCUT2D eigenvalue weighted by molar-refractivity contribution is 6.30. The van der Waals surface area contributed by atoms with E-state index in [2.05, 4.69) is 5.32 Å². The molecule has 2 N–H and O–H groups in total. The summed E-state index contributed by atoms with van der Waals surface area (Å²) < 4.78 is 0. The highest BCUT2D eigenvalue weighted by Crippen LogP contribution is 2.15. The van der Waals surface area contributed by atoms with Crippen LogP contribution in [0.5, 0.6) is 0 Å². The summed E-state index contributed by atoms with van der Waals surface area (Å²) in [5, 5.41) is 12.3. The lowest BCUT2D eigenvalue weighted by Gasteiger charge is -2.12. The van der Waals surface area contributed by atoms with Gasteiger partial charge in [-0.1, -0.05) is 29.8 Å². The molecule has 0 spiro atoms. The van der Waals surface area contributed by atoms with E-state index < -0.39 is 5.97 Å². The number of benzene rings is 1. The summed E-state index contributed by atoms with van der Waals surface area (Å²) in [5.74, 6) is -0.930. The van der Waals surface area contributed by atoms with Crippen LogP contribution < -0.4 is 5.32 Å². The molecule has 1 atom stereocenters. The number of carboxylic acid groups (broad SMARTS) is 1. The maximum atomic E-state index is 10.2. The van der Waals surface area contributed by atoms with Gasteiger partial charge in [-0.25, -0.2) is 4.79 Å². The quantitative estimate of drug-likeness (QED) is 0.777. The van der Waals surface area contributed by atoms with E-state index in [1.54, 1.807) is 6.08 Å². The molecule has 0 amide bonds. The van der Waals surface area contributed by atoms with E-state index in [4.69, 9.17) is 16.7 Å². The van der Waals surface area contributed by atoms with Crippen molar-refractivity contribution >= 4 is 17.6 Å². The first-order valence-electron chi connectivity index (χ1n) is 4.98. The highest BCUT2D eigenvalue weighted by atomic mass is 35.5. The van der Waals surface area contributed by atoms with Gasteiger partial charge in [-0.2, -0.15) is 0 Å². The summed E-state index contributed by atoms with van der Waals surface area (Å²) in [6.07, 6.45) is 2.70. The third-order valence-corrected chi connectivity index (χ3v) is 2.42. The molecule has 0 unspecified atom stereocenters. The summed E-state index contributed by atoms with van der Waals surface area (Å²) in [5.41, 5.74) is 1.12. The number of aliphatic carboxylic acids is 1. The molecule has 0 aliphatic heterocycles. The number of carbonyl (C=O) groups is 1. The molecule has 3 nitrogen and oxygen atoms in total. The smallest absolute Gasteiger partial charge is 0.328 e. The molecule has 0 aliphatic rings. The maximum absolute atomic E-state index is 10.2. The topological polar surface area (TPSA) is 49.3 Å². The Morgan fingerprint density at radius 3 is 2.69 bits per heavy atom. The molecule has 0 aliphatic carbocycles. The first-order chi connectivity index (χ1) is 7.59. The van der Waals surface area contributed by atoms with Crippen molar-refractivity contribution in [1.29, 1.82) is 0 Å². The van der Waals surface area contributed by atoms with E-state index >= 15 is 0 Å². The third-order valence-electron chi connectivity index (χ3n) is 2.17. The number of carboxylic acids is 1. The molecule has 0 aromatic heterocycles.